The zero-order chi connectivity index (χ0) is 19.1. The second-order valence-electron chi connectivity index (χ2n) is 6.72. The van der Waals surface area contributed by atoms with Gasteiger partial charge in [-0.05, 0) is 48.9 Å². The van der Waals surface area contributed by atoms with Gasteiger partial charge in [0.15, 0.2) is 5.58 Å². The number of aromatic nitrogens is 2. The van der Waals surface area contributed by atoms with Gasteiger partial charge in [0.05, 0.1) is 12.8 Å². The summed E-state index contributed by atoms with van der Waals surface area (Å²) in [6.45, 7) is 2.11. The average Bonchev–Trinajstić information content (AvgIpc) is 3.38. The number of fused-ring (bicyclic) bond motifs is 2. The fourth-order valence-corrected chi connectivity index (χ4v) is 3.52. The van der Waals surface area contributed by atoms with Crippen molar-refractivity contribution in [2.45, 2.75) is 6.92 Å². The summed E-state index contributed by atoms with van der Waals surface area (Å²) < 4.78 is 11.5. The minimum absolute atomic E-state index is 0.730. The highest BCUT2D eigenvalue weighted by Crippen LogP contribution is 2.35. The molecule has 0 saturated carbocycles. The van der Waals surface area contributed by atoms with Crippen LogP contribution >= 0.6 is 0 Å². The molecular formula is C23H19N3O2. The van der Waals surface area contributed by atoms with Gasteiger partial charge < -0.3 is 19.5 Å². The molecule has 2 aromatic carbocycles. The standard InChI is InChI=1S/C23H19N3O2/c1-14-17-8-10-24-19(17)7-6-18(14)26-20-9-11-25-21-13-22(28-23(20)21)15-4-3-5-16(12-15)27-2/h3-13,24H,1-2H3,(H,25,26). The third kappa shape index (κ3) is 2.68. The first-order chi connectivity index (χ1) is 13.7. The van der Waals surface area contributed by atoms with Gasteiger partial charge in [-0.1, -0.05) is 12.1 Å². The molecule has 5 rings (SSSR count). The van der Waals surface area contributed by atoms with Crippen LogP contribution in [0.4, 0.5) is 11.4 Å². The molecular weight excluding hydrogens is 350 g/mol. The van der Waals surface area contributed by atoms with Crippen molar-refractivity contribution in [1.29, 1.82) is 0 Å². The number of methoxy groups -OCH3 is 1. The van der Waals surface area contributed by atoms with Crippen molar-refractivity contribution in [3.8, 4) is 17.1 Å². The molecule has 138 valence electrons. The lowest BCUT2D eigenvalue weighted by Crippen LogP contribution is -1.94. The molecule has 3 heterocycles. The Labute approximate surface area is 162 Å². The Balaban J connectivity index is 1.58. The van der Waals surface area contributed by atoms with Crippen LogP contribution in [0.25, 0.3) is 33.3 Å². The fraction of sp³-hybridized carbons (Fsp3) is 0.0870. The molecule has 3 aromatic heterocycles. The van der Waals surface area contributed by atoms with Crippen LogP contribution in [-0.2, 0) is 0 Å². The van der Waals surface area contributed by atoms with E-state index >= 15 is 0 Å². The van der Waals surface area contributed by atoms with Crippen molar-refractivity contribution in [1.82, 2.24) is 9.97 Å². The summed E-state index contributed by atoms with van der Waals surface area (Å²) in [6, 6.07) is 17.9. The van der Waals surface area contributed by atoms with Crippen LogP contribution in [0.2, 0.25) is 0 Å². The monoisotopic (exact) mass is 369 g/mol. The van der Waals surface area contributed by atoms with Crippen LogP contribution in [0.5, 0.6) is 5.75 Å². The number of aryl methyl sites for hydroxylation is 1. The van der Waals surface area contributed by atoms with Crippen LogP contribution in [0.15, 0.2) is 71.4 Å². The molecule has 0 saturated heterocycles. The van der Waals surface area contributed by atoms with Gasteiger partial charge in [-0.3, -0.25) is 4.98 Å². The number of furan rings is 1. The van der Waals surface area contributed by atoms with E-state index < -0.39 is 0 Å². The van der Waals surface area contributed by atoms with Gasteiger partial charge in [0.1, 0.15) is 17.0 Å². The summed E-state index contributed by atoms with van der Waals surface area (Å²) in [4.78, 5) is 7.71. The molecule has 0 radical (unpaired) electrons. The smallest absolute Gasteiger partial charge is 0.176 e. The van der Waals surface area contributed by atoms with Gasteiger partial charge in [-0.15, -0.1) is 0 Å². The average molecular weight is 369 g/mol. The van der Waals surface area contributed by atoms with Crippen molar-refractivity contribution in [2.75, 3.05) is 12.4 Å². The number of nitrogens with one attached hydrogen (secondary N) is 2. The molecule has 0 atom stereocenters. The van der Waals surface area contributed by atoms with E-state index in [1.54, 1.807) is 13.3 Å². The highest BCUT2D eigenvalue weighted by Gasteiger charge is 2.13. The number of rotatable bonds is 4. The Morgan fingerprint density at radius 3 is 2.86 bits per heavy atom. The number of H-pyrrole nitrogens is 1. The third-order valence-corrected chi connectivity index (χ3v) is 5.04. The first-order valence-electron chi connectivity index (χ1n) is 9.09. The Hall–Kier alpha value is -3.73. The van der Waals surface area contributed by atoms with Crippen molar-refractivity contribution in [2.24, 2.45) is 0 Å². The molecule has 28 heavy (non-hydrogen) atoms. The van der Waals surface area contributed by atoms with Gasteiger partial charge in [0.2, 0.25) is 0 Å². The lowest BCUT2D eigenvalue weighted by molar-refractivity contribution is 0.415. The Kier molecular flexibility index (Phi) is 3.79. The molecule has 5 nitrogen and oxygen atoms in total. The number of pyridine rings is 1. The van der Waals surface area contributed by atoms with E-state index in [-0.39, 0.29) is 0 Å². The summed E-state index contributed by atoms with van der Waals surface area (Å²) >= 11 is 0. The molecule has 0 aliphatic carbocycles. The van der Waals surface area contributed by atoms with Crippen molar-refractivity contribution < 1.29 is 9.15 Å². The second-order valence-corrected chi connectivity index (χ2v) is 6.72. The normalized spacial score (nSPS) is 11.2. The maximum atomic E-state index is 6.18. The third-order valence-electron chi connectivity index (χ3n) is 5.04. The lowest BCUT2D eigenvalue weighted by atomic mass is 10.1. The van der Waals surface area contributed by atoms with Crippen LogP contribution in [0.3, 0.4) is 0 Å². The summed E-state index contributed by atoms with van der Waals surface area (Å²) in [6.07, 6.45) is 3.75. The second kappa shape index (κ2) is 6.46. The number of hydrogen-bond donors (Lipinski definition) is 2. The number of anilines is 2. The largest absolute Gasteiger partial charge is 0.497 e. The van der Waals surface area contributed by atoms with Gasteiger partial charge in [-0.2, -0.15) is 0 Å². The molecule has 2 N–H and O–H groups in total. The predicted octanol–water partition coefficient (Wildman–Crippen LogP) is 6.04. The quantitative estimate of drug-likeness (QED) is 0.405. The van der Waals surface area contributed by atoms with E-state index in [2.05, 4.69) is 40.4 Å². The minimum atomic E-state index is 0.730. The van der Waals surface area contributed by atoms with Crippen molar-refractivity contribution in [3.63, 3.8) is 0 Å². The van der Waals surface area contributed by atoms with E-state index in [9.17, 15) is 0 Å². The molecule has 0 spiro atoms. The lowest BCUT2D eigenvalue weighted by Gasteiger charge is -2.10. The van der Waals surface area contributed by atoms with Crippen LogP contribution in [-0.4, -0.2) is 17.1 Å². The van der Waals surface area contributed by atoms with Gasteiger partial charge in [0, 0.05) is 40.6 Å². The van der Waals surface area contributed by atoms with E-state index in [0.29, 0.717) is 0 Å². The van der Waals surface area contributed by atoms with E-state index in [1.807, 2.05) is 42.6 Å². The van der Waals surface area contributed by atoms with Gasteiger partial charge >= 0.3 is 0 Å². The SMILES string of the molecule is COc1cccc(-c2cc3nccc(Nc4ccc5[nH]ccc5c4C)c3o2)c1. The van der Waals surface area contributed by atoms with Crippen LogP contribution < -0.4 is 10.1 Å². The number of benzene rings is 2. The summed E-state index contributed by atoms with van der Waals surface area (Å²) in [5, 5.41) is 4.71. The van der Waals surface area contributed by atoms with Gasteiger partial charge in [0.25, 0.3) is 0 Å². The fourth-order valence-electron chi connectivity index (χ4n) is 3.52. The van der Waals surface area contributed by atoms with Crippen molar-refractivity contribution >= 4 is 33.4 Å². The minimum Gasteiger partial charge on any atom is -0.497 e. The first-order valence-corrected chi connectivity index (χ1v) is 9.09. The maximum Gasteiger partial charge on any atom is 0.176 e. The molecule has 0 amide bonds. The molecule has 0 aliphatic heterocycles. The number of ether oxygens (including phenoxy) is 1. The topological polar surface area (TPSA) is 63.1 Å². The zero-order valence-corrected chi connectivity index (χ0v) is 15.6. The molecule has 0 unspecified atom stereocenters. The Bertz CT molecular complexity index is 1300. The Morgan fingerprint density at radius 2 is 1.96 bits per heavy atom. The molecule has 0 aliphatic rings. The van der Waals surface area contributed by atoms with Crippen LogP contribution in [0, 0.1) is 6.92 Å². The Morgan fingerprint density at radius 1 is 1.04 bits per heavy atom. The molecule has 5 aromatic rings. The number of aromatic amines is 1. The molecule has 5 heteroatoms. The summed E-state index contributed by atoms with van der Waals surface area (Å²) in [5.41, 5.74) is 6.73. The summed E-state index contributed by atoms with van der Waals surface area (Å²) in [5.74, 6) is 1.55. The highest BCUT2D eigenvalue weighted by molar-refractivity contribution is 5.94. The predicted molar refractivity (Wildman–Crippen MR) is 112 cm³/mol. The molecule has 0 bridgehead atoms. The van der Waals surface area contributed by atoms with Crippen molar-refractivity contribution in [3.05, 3.63) is 72.6 Å². The number of nitrogens with zero attached hydrogens (tertiary/aromatic N) is 1. The number of hydrogen-bond acceptors (Lipinski definition) is 4. The summed E-state index contributed by atoms with van der Waals surface area (Å²) in [7, 11) is 1.66. The first kappa shape index (κ1) is 16.4. The van der Waals surface area contributed by atoms with Gasteiger partial charge in [-0.25, -0.2) is 0 Å². The van der Waals surface area contributed by atoms with E-state index in [4.69, 9.17) is 9.15 Å². The molecule has 0 fully saturated rings. The van der Waals surface area contributed by atoms with Crippen LogP contribution in [0.1, 0.15) is 5.56 Å². The highest BCUT2D eigenvalue weighted by atomic mass is 16.5. The maximum absolute atomic E-state index is 6.18. The van der Waals surface area contributed by atoms with E-state index in [0.717, 1.165) is 45.1 Å². The zero-order valence-electron chi connectivity index (χ0n) is 15.6. The van der Waals surface area contributed by atoms with E-state index in [1.165, 1.54) is 10.9 Å².